The lowest BCUT2D eigenvalue weighted by atomic mass is 10.0. The molecule has 1 aromatic rings. The highest BCUT2D eigenvalue weighted by molar-refractivity contribution is 5.31. The van der Waals surface area contributed by atoms with Crippen LogP contribution in [0.25, 0.3) is 0 Å². The molecule has 0 aliphatic heterocycles. The van der Waals surface area contributed by atoms with Crippen LogP contribution in [0.15, 0.2) is 18.2 Å². The standard InChI is InChI=1S/C13H19FO.C2H6/c1-9(2)8-15-13-7-11(10(3)4)5-6-12(13)14;1-2/h5-7,9-10H,8H2,1-4H3;1-2H3. The lowest BCUT2D eigenvalue weighted by Gasteiger charge is -2.12. The second-order valence-electron chi connectivity index (χ2n) is 4.55. The number of hydrogen-bond acceptors (Lipinski definition) is 1. The lowest BCUT2D eigenvalue weighted by Crippen LogP contribution is -2.06. The van der Waals surface area contributed by atoms with E-state index in [9.17, 15) is 4.39 Å². The van der Waals surface area contributed by atoms with Crippen LogP contribution in [-0.4, -0.2) is 6.61 Å². The molecule has 17 heavy (non-hydrogen) atoms. The predicted molar refractivity (Wildman–Crippen MR) is 72.2 cm³/mol. The minimum Gasteiger partial charge on any atom is -0.490 e. The largest absolute Gasteiger partial charge is 0.490 e. The molecule has 0 amide bonds. The van der Waals surface area contributed by atoms with E-state index < -0.39 is 0 Å². The molecule has 0 heterocycles. The molecule has 98 valence electrons. The zero-order valence-corrected chi connectivity index (χ0v) is 11.9. The van der Waals surface area contributed by atoms with Crippen molar-refractivity contribution in [1.82, 2.24) is 0 Å². The van der Waals surface area contributed by atoms with Crippen LogP contribution in [0.4, 0.5) is 4.39 Å². The van der Waals surface area contributed by atoms with Gasteiger partial charge in [0, 0.05) is 0 Å². The normalized spacial score (nSPS) is 10.2. The summed E-state index contributed by atoms with van der Waals surface area (Å²) in [7, 11) is 0. The van der Waals surface area contributed by atoms with Crippen molar-refractivity contribution in [3.05, 3.63) is 29.6 Å². The molecule has 1 rings (SSSR count). The number of halogens is 1. The van der Waals surface area contributed by atoms with E-state index in [1.165, 1.54) is 6.07 Å². The van der Waals surface area contributed by atoms with Crippen molar-refractivity contribution in [2.75, 3.05) is 6.61 Å². The second kappa shape index (κ2) is 8.10. The Morgan fingerprint density at radius 3 is 2.18 bits per heavy atom. The predicted octanol–water partition coefficient (Wildman–Crippen LogP) is 5.01. The average molecular weight is 240 g/mol. The number of ether oxygens (including phenoxy) is 1. The van der Waals surface area contributed by atoms with Crippen LogP contribution in [0.1, 0.15) is 53.0 Å². The van der Waals surface area contributed by atoms with Crippen LogP contribution in [0.2, 0.25) is 0 Å². The molecule has 0 aromatic heterocycles. The first-order valence-electron chi connectivity index (χ1n) is 6.43. The van der Waals surface area contributed by atoms with Gasteiger partial charge in [0.05, 0.1) is 6.61 Å². The quantitative estimate of drug-likeness (QED) is 0.718. The summed E-state index contributed by atoms with van der Waals surface area (Å²) in [5.41, 5.74) is 1.11. The molecule has 0 aliphatic carbocycles. The first-order chi connectivity index (χ1) is 8.00. The Morgan fingerprint density at radius 2 is 1.71 bits per heavy atom. The molecule has 0 atom stereocenters. The van der Waals surface area contributed by atoms with Crippen LogP contribution in [0.3, 0.4) is 0 Å². The molecule has 0 saturated heterocycles. The molecule has 0 bridgehead atoms. The molecule has 1 aromatic carbocycles. The van der Waals surface area contributed by atoms with Crippen molar-refractivity contribution >= 4 is 0 Å². The Morgan fingerprint density at radius 1 is 1.12 bits per heavy atom. The molecule has 0 fully saturated rings. The Balaban J connectivity index is 0.00000121. The fourth-order valence-electron chi connectivity index (χ4n) is 1.25. The summed E-state index contributed by atoms with van der Waals surface area (Å²) in [5.74, 6) is 0.897. The van der Waals surface area contributed by atoms with Crippen molar-refractivity contribution in [2.24, 2.45) is 5.92 Å². The van der Waals surface area contributed by atoms with E-state index in [2.05, 4.69) is 13.8 Å². The molecule has 0 radical (unpaired) electrons. The Bertz CT molecular complexity index is 319. The van der Waals surface area contributed by atoms with Crippen molar-refractivity contribution < 1.29 is 9.13 Å². The lowest BCUT2D eigenvalue weighted by molar-refractivity contribution is 0.259. The van der Waals surface area contributed by atoms with E-state index in [1.807, 2.05) is 33.8 Å². The van der Waals surface area contributed by atoms with Gasteiger partial charge in [0.1, 0.15) is 0 Å². The summed E-state index contributed by atoms with van der Waals surface area (Å²) >= 11 is 0. The monoisotopic (exact) mass is 240 g/mol. The van der Waals surface area contributed by atoms with Gasteiger partial charge in [-0.3, -0.25) is 0 Å². The van der Waals surface area contributed by atoms with Crippen molar-refractivity contribution in [1.29, 1.82) is 0 Å². The van der Waals surface area contributed by atoms with Crippen LogP contribution in [0.5, 0.6) is 5.75 Å². The Hall–Kier alpha value is -1.05. The maximum Gasteiger partial charge on any atom is 0.165 e. The summed E-state index contributed by atoms with van der Waals surface area (Å²) in [5, 5.41) is 0. The summed E-state index contributed by atoms with van der Waals surface area (Å²) in [6, 6.07) is 5.08. The summed E-state index contributed by atoms with van der Waals surface area (Å²) in [6.07, 6.45) is 0. The topological polar surface area (TPSA) is 9.23 Å². The number of benzene rings is 1. The fourth-order valence-corrected chi connectivity index (χ4v) is 1.25. The van der Waals surface area contributed by atoms with Gasteiger partial charge in [-0.25, -0.2) is 4.39 Å². The Labute approximate surface area is 105 Å². The smallest absolute Gasteiger partial charge is 0.165 e. The van der Waals surface area contributed by atoms with E-state index in [0.717, 1.165) is 5.56 Å². The maximum absolute atomic E-state index is 13.4. The van der Waals surface area contributed by atoms with Gasteiger partial charge in [-0.1, -0.05) is 47.6 Å². The Kier molecular flexibility index (Phi) is 7.60. The molecule has 1 nitrogen and oxygen atoms in total. The summed E-state index contributed by atoms with van der Waals surface area (Å²) in [6.45, 7) is 12.8. The van der Waals surface area contributed by atoms with Gasteiger partial charge in [0.15, 0.2) is 11.6 Å². The van der Waals surface area contributed by atoms with Crippen molar-refractivity contribution in [2.45, 2.75) is 47.5 Å². The molecular weight excluding hydrogens is 215 g/mol. The maximum atomic E-state index is 13.4. The van der Waals surface area contributed by atoms with Crippen LogP contribution in [-0.2, 0) is 0 Å². The molecule has 0 unspecified atom stereocenters. The van der Waals surface area contributed by atoms with E-state index in [4.69, 9.17) is 4.74 Å². The zero-order chi connectivity index (χ0) is 13.4. The minimum absolute atomic E-state index is 0.278. The average Bonchev–Trinajstić information content (AvgIpc) is 2.30. The van der Waals surface area contributed by atoms with Gasteiger partial charge in [0.25, 0.3) is 0 Å². The van der Waals surface area contributed by atoms with Crippen molar-refractivity contribution in [3.8, 4) is 5.75 Å². The first-order valence-corrected chi connectivity index (χ1v) is 6.43. The van der Waals surface area contributed by atoms with Gasteiger partial charge < -0.3 is 4.74 Å². The third-order valence-electron chi connectivity index (χ3n) is 2.19. The van der Waals surface area contributed by atoms with Crippen LogP contribution in [0, 0.1) is 11.7 Å². The van der Waals surface area contributed by atoms with Gasteiger partial charge in [-0.2, -0.15) is 0 Å². The van der Waals surface area contributed by atoms with Gasteiger partial charge >= 0.3 is 0 Å². The van der Waals surface area contributed by atoms with Crippen LogP contribution >= 0.6 is 0 Å². The van der Waals surface area contributed by atoms with Gasteiger partial charge in [-0.15, -0.1) is 0 Å². The van der Waals surface area contributed by atoms with E-state index >= 15 is 0 Å². The van der Waals surface area contributed by atoms with Crippen molar-refractivity contribution in [3.63, 3.8) is 0 Å². The molecular formula is C15H25FO. The van der Waals surface area contributed by atoms with E-state index in [-0.39, 0.29) is 5.82 Å². The minimum atomic E-state index is -0.278. The summed E-state index contributed by atoms with van der Waals surface area (Å²) < 4.78 is 18.8. The molecule has 0 N–H and O–H groups in total. The number of hydrogen-bond donors (Lipinski definition) is 0. The second-order valence-corrected chi connectivity index (χ2v) is 4.55. The first kappa shape index (κ1) is 16.0. The molecule has 2 heteroatoms. The molecule has 0 aliphatic rings. The third-order valence-corrected chi connectivity index (χ3v) is 2.19. The highest BCUT2D eigenvalue weighted by atomic mass is 19.1. The highest BCUT2D eigenvalue weighted by Gasteiger charge is 2.07. The SMILES string of the molecule is CC.CC(C)COc1cc(C(C)C)ccc1F. The zero-order valence-electron chi connectivity index (χ0n) is 11.9. The van der Waals surface area contributed by atoms with Crippen LogP contribution < -0.4 is 4.74 Å². The molecule has 0 saturated carbocycles. The highest BCUT2D eigenvalue weighted by Crippen LogP contribution is 2.23. The fraction of sp³-hybridized carbons (Fsp3) is 0.600. The summed E-state index contributed by atoms with van der Waals surface area (Å²) in [4.78, 5) is 0. The third kappa shape index (κ3) is 5.71. The van der Waals surface area contributed by atoms with E-state index in [1.54, 1.807) is 6.07 Å². The van der Waals surface area contributed by atoms with Gasteiger partial charge in [0.2, 0.25) is 0 Å². The van der Waals surface area contributed by atoms with Gasteiger partial charge in [-0.05, 0) is 29.5 Å². The number of rotatable bonds is 4. The van der Waals surface area contributed by atoms with E-state index in [0.29, 0.717) is 24.2 Å². The molecule has 0 spiro atoms.